The van der Waals surface area contributed by atoms with Gasteiger partial charge >= 0.3 is 0 Å². The highest BCUT2D eigenvalue weighted by molar-refractivity contribution is 4.96. The van der Waals surface area contributed by atoms with E-state index in [0.29, 0.717) is 12.1 Å². The van der Waals surface area contributed by atoms with Gasteiger partial charge < -0.3 is 20.6 Å². The summed E-state index contributed by atoms with van der Waals surface area (Å²) in [6, 6.07) is 0. The van der Waals surface area contributed by atoms with Crippen LogP contribution in [0.3, 0.4) is 0 Å². The number of fused-ring (bicyclic) bond motifs is 1. The molecule has 4 heteroatoms. The fourth-order valence-electron chi connectivity index (χ4n) is 5.87. The van der Waals surface area contributed by atoms with Crippen molar-refractivity contribution in [1.82, 2.24) is 15.5 Å². The zero-order chi connectivity index (χ0) is 15.6. The van der Waals surface area contributed by atoms with E-state index >= 15 is 0 Å². The van der Waals surface area contributed by atoms with Crippen LogP contribution in [0.1, 0.15) is 51.4 Å². The van der Waals surface area contributed by atoms with Gasteiger partial charge in [0, 0.05) is 19.6 Å². The highest BCUT2D eigenvalue weighted by atomic mass is 16.3. The number of likely N-dealkylation sites (tertiary alicyclic amines) is 1. The lowest BCUT2D eigenvalue weighted by molar-refractivity contribution is 0.0280. The normalized spacial score (nSPS) is 45.8. The van der Waals surface area contributed by atoms with E-state index in [4.69, 9.17) is 0 Å². The first-order chi connectivity index (χ1) is 11.3. The highest BCUT2D eigenvalue weighted by Gasteiger charge is 2.42. The number of piperidine rings is 2. The van der Waals surface area contributed by atoms with Gasteiger partial charge in [-0.3, -0.25) is 0 Å². The molecule has 0 bridgehead atoms. The van der Waals surface area contributed by atoms with Gasteiger partial charge in [0.1, 0.15) is 0 Å². The van der Waals surface area contributed by atoms with Crippen molar-refractivity contribution < 1.29 is 5.11 Å². The average Bonchev–Trinajstić information content (AvgIpc) is 3.01. The maximum absolute atomic E-state index is 10.3. The standard InChI is InChI=1S/C19H35N3O/c23-18-8-2-1-5-15(18)13-22-10-4-6-14(12-22)17-11-21-19-16(17)7-3-9-20-19/h14-21,23H,1-13H2. The Bertz CT molecular complexity index is 391. The van der Waals surface area contributed by atoms with Crippen molar-refractivity contribution in [2.45, 2.75) is 63.6 Å². The van der Waals surface area contributed by atoms with E-state index in [-0.39, 0.29) is 6.10 Å². The van der Waals surface area contributed by atoms with Gasteiger partial charge in [-0.1, -0.05) is 12.8 Å². The summed E-state index contributed by atoms with van der Waals surface area (Å²) in [6.45, 7) is 6.08. The molecule has 0 aromatic carbocycles. The zero-order valence-corrected chi connectivity index (χ0v) is 14.6. The van der Waals surface area contributed by atoms with Crippen LogP contribution in [0.4, 0.5) is 0 Å². The fraction of sp³-hybridized carbons (Fsp3) is 1.00. The molecule has 3 N–H and O–H groups in total. The minimum Gasteiger partial charge on any atom is -0.393 e. The van der Waals surface area contributed by atoms with Crippen LogP contribution in [0.5, 0.6) is 0 Å². The number of hydrogen-bond donors (Lipinski definition) is 3. The predicted molar refractivity (Wildman–Crippen MR) is 93.1 cm³/mol. The maximum atomic E-state index is 10.3. The van der Waals surface area contributed by atoms with Gasteiger partial charge in [0.2, 0.25) is 0 Å². The molecule has 4 aliphatic rings. The van der Waals surface area contributed by atoms with E-state index in [0.717, 1.165) is 30.7 Å². The summed E-state index contributed by atoms with van der Waals surface area (Å²) in [5.41, 5.74) is 0. The molecule has 132 valence electrons. The average molecular weight is 322 g/mol. The van der Waals surface area contributed by atoms with Crippen molar-refractivity contribution in [2.24, 2.45) is 23.7 Å². The van der Waals surface area contributed by atoms with E-state index in [1.807, 2.05) is 0 Å². The molecule has 3 saturated heterocycles. The molecule has 6 unspecified atom stereocenters. The van der Waals surface area contributed by atoms with Gasteiger partial charge in [-0.2, -0.15) is 0 Å². The molecule has 1 aliphatic carbocycles. The lowest BCUT2D eigenvalue weighted by Crippen LogP contribution is -2.47. The van der Waals surface area contributed by atoms with Crippen LogP contribution in [0.2, 0.25) is 0 Å². The number of nitrogens with one attached hydrogen (secondary N) is 2. The van der Waals surface area contributed by atoms with Crippen LogP contribution in [-0.4, -0.2) is 55.0 Å². The van der Waals surface area contributed by atoms with Gasteiger partial charge in [-0.25, -0.2) is 0 Å². The second-order valence-corrected chi connectivity index (χ2v) is 8.58. The van der Waals surface area contributed by atoms with Gasteiger partial charge in [0.15, 0.2) is 0 Å². The zero-order valence-electron chi connectivity index (χ0n) is 14.6. The molecule has 4 rings (SSSR count). The second-order valence-electron chi connectivity index (χ2n) is 8.58. The fourth-order valence-corrected chi connectivity index (χ4v) is 5.87. The number of nitrogens with zero attached hydrogens (tertiary/aromatic N) is 1. The third-order valence-electron chi connectivity index (χ3n) is 7.14. The molecule has 0 amide bonds. The summed E-state index contributed by atoms with van der Waals surface area (Å²) < 4.78 is 0. The second kappa shape index (κ2) is 7.38. The van der Waals surface area contributed by atoms with Gasteiger partial charge in [0.25, 0.3) is 0 Å². The molecular weight excluding hydrogens is 286 g/mol. The summed E-state index contributed by atoms with van der Waals surface area (Å²) >= 11 is 0. The Morgan fingerprint density at radius 2 is 1.83 bits per heavy atom. The third-order valence-corrected chi connectivity index (χ3v) is 7.14. The monoisotopic (exact) mass is 321 g/mol. The maximum Gasteiger partial charge on any atom is 0.0604 e. The van der Waals surface area contributed by atoms with E-state index in [2.05, 4.69) is 15.5 Å². The number of aliphatic hydroxyl groups is 1. The van der Waals surface area contributed by atoms with E-state index < -0.39 is 0 Å². The number of hydrogen-bond acceptors (Lipinski definition) is 4. The Kier molecular flexibility index (Phi) is 5.24. The smallest absolute Gasteiger partial charge is 0.0604 e. The summed E-state index contributed by atoms with van der Waals surface area (Å²) in [4.78, 5) is 2.69. The van der Waals surface area contributed by atoms with Gasteiger partial charge in [-0.15, -0.1) is 0 Å². The number of rotatable bonds is 3. The van der Waals surface area contributed by atoms with E-state index in [1.54, 1.807) is 0 Å². The van der Waals surface area contributed by atoms with Crippen molar-refractivity contribution in [3.8, 4) is 0 Å². The molecule has 3 aliphatic heterocycles. The Balaban J connectivity index is 1.33. The Hall–Kier alpha value is -0.160. The minimum absolute atomic E-state index is 0.0378. The summed E-state index contributed by atoms with van der Waals surface area (Å²) in [5.74, 6) is 3.13. The molecule has 4 nitrogen and oxygen atoms in total. The third kappa shape index (κ3) is 3.60. The molecule has 0 aromatic heterocycles. The quantitative estimate of drug-likeness (QED) is 0.742. The molecule has 23 heavy (non-hydrogen) atoms. The van der Waals surface area contributed by atoms with Crippen molar-refractivity contribution in [1.29, 1.82) is 0 Å². The van der Waals surface area contributed by atoms with Crippen LogP contribution in [0.25, 0.3) is 0 Å². The molecule has 6 atom stereocenters. The molecule has 0 radical (unpaired) electrons. The Morgan fingerprint density at radius 3 is 2.74 bits per heavy atom. The van der Waals surface area contributed by atoms with Gasteiger partial charge in [-0.05, 0) is 75.3 Å². The first-order valence-electron chi connectivity index (χ1n) is 10.2. The van der Waals surface area contributed by atoms with E-state index in [9.17, 15) is 5.11 Å². The van der Waals surface area contributed by atoms with Gasteiger partial charge in [0.05, 0.1) is 12.3 Å². The summed E-state index contributed by atoms with van der Waals surface area (Å²) in [6.07, 6.45) is 10.9. The Morgan fingerprint density at radius 1 is 0.913 bits per heavy atom. The predicted octanol–water partition coefficient (Wildman–Crippen LogP) is 1.79. The van der Waals surface area contributed by atoms with Crippen LogP contribution < -0.4 is 10.6 Å². The lowest BCUT2D eigenvalue weighted by Gasteiger charge is -2.41. The molecular formula is C19H35N3O. The van der Waals surface area contributed by atoms with Crippen LogP contribution in [-0.2, 0) is 0 Å². The van der Waals surface area contributed by atoms with Crippen LogP contribution in [0.15, 0.2) is 0 Å². The molecule has 0 spiro atoms. The Labute approximate surface area is 141 Å². The van der Waals surface area contributed by atoms with Crippen LogP contribution >= 0.6 is 0 Å². The molecule has 0 aromatic rings. The van der Waals surface area contributed by atoms with Crippen molar-refractivity contribution in [3.05, 3.63) is 0 Å². The SMILES string of the molecule is OC1CCCCC1CN1CCCC(C2CNC3NCCCC32)C1. The summed E-state index contributed by atoms with van der Waals surface area (Å²) in [7, 11) is 0. The first-order valence-corrected chi connectivity index (χ1v) is 10.2. The van der Waals surface area contributed by atoms with Crippen molar-refractivity contribution >= 4 is 0 Å². The molecule has 3 heterocycles. The molecule has 1 saturated carbocycles. The highest BCUT2D eigenvalue weighted by Crippen LogP contribution is 2.38. The first kappa shape index (κ1) is 16.3. The lowest BCUT2D eigenvalue weighted by atomic mass is 9.75. The van der Waals surface area contributed by atoms with Crippen molar-refractivity contribution in [2.75, 3.05) is 32.7 Å². The minimum atomic E-state index is -0.0378. The van der Waals surface area contributed by atoms with E-state index in [1.165, 1.54) is 71.1 Å². The molecule has 4 fully saturated rings. The summed E-state index contributed by atoms with van der Waals surface area (Å²) in [5, 5.41) is 17.7. The van der Waals surface area contributed by atoms with Crippen LogP contribution in [0, 0.1) is 23.7 Å². The number of aliphatic hydroxyl groups excluding tert-OH is 1. The largest absolute Gasteiger partial charge is 0.393 e. The van der Waals surface area contributed by atoms with Crippen molar-refractivity contribution in [3.63, 3.8) is 0 Å². The topological polar surface area (TPSA) is 47.5 Å².